The standard InChI is InChI=1S/C35H45NO9/c1-15-10-9-11-16(2)35(45)36-24-14-25(37)26-23(34(24)44)13-19(5)31(41)27(26)30(40)18(4)12-17(3)29(39)21(7)33(43)22(8)32(42)20(6)28(15)38/h9-15,17,20-22,28-29,32-33,38-39,41-43H,1-8H3,(H,36,45)/t15-,17-,20+,21+,22+,28-,29-,32+,33+/m0/s1. The number of phenols is 1. The summed E-state index contributed by atoms with van der Waals surface area (Å²) in [6.07, 6.45) is 2.61. The Hall–Kier alpha value is -3.70. The Bertz CT molecular complexity index is 1500. The zero-order chi connectivity index (χ0) is 34.1. The van der Waals surface area contributed by atoms with Crippen molar-refractivity contribution in [2.24, 2.45) is 29.6 Å². The molecule has 0 saturated carbocycles. The average Bonchev–Trinajstić information content (AvgIpc) is 3.00. The van der Waals surface area contributed by atoms with Gasteiger partial charge in [0.2, 0.25) is 5.78 Å². The number of rotatable bonds is 0. The smallest absolute Gasteiger partial charge is 0.251 e. The summed E-state index contributed by atoms with van der Waals surface area (Å²) in [7, 11) is 0. The third kappa shape index (κ3) is 7.25. The SMILES string of the molecule is CC1=CC=C[C@H](C)[C@H](O)[C@@H](C)[C@@H](O)[C@@H](C)[C@H](O)[C@H](C)[C@@H](O)[C@@H](C)C=C(C)C(=O)c2c(O)c(C)cc3c2C(=O)C=C(NC1=O)C3=O. The number of aryl methyl sites for hydroxylation is 1. The number of aliphatic hydroxyl groups excluding tert-OH is 4. The van der Waals surface area contributed by atoms with Crippen LogP contribution in [0.25, 0.3) is 0 Å². The molecule has 4 rings (SSSR count). The molecule has 244 valence electrons. The number of ketones is 3. The van der Waals surface area contributed by atoms with Crippen LogP contribution >= 0.6 is 0 Å². The molecule has 2 aliphatic heterocycles. The number of phenolic OH excluding ortho intramolecular Hbond substituents is 1. The summed E-state index contributed by atoms with van der Waals surface area (Å²) < 4.78 is 0. The molecule has 6 N–H and O–H groups in total. The first-order valence-electron chi connectivity index (χ1n) is 15.2. The number of benzene rings is 1. The van der Waals surface area contributed by atoms with E-state index in [0.717, 1.165) is 6.08 Å². The highest BCUT2D eigenvalue weighted by Gasteiger charge is 2.38. The Kier molecular flexibility index (Phi) is 11.3. The zero-order valence-corrected chi connectivity index (χ0v) is 27.0. The maximum atomic E-state index is 13.7. The van der Waals surface area contributed by atoms with Crippen molar-refractivity contribution in [1.82, 2.24) is 5.32 Å². The summed E-state index contributed by atoms with van der Waals surface area (Å²) in [5.41, 5.74) is -0.607. The molecule has 2 heterocycles. The summed E-state index contributed by atoms with van der Waals surface area (Å²) in [5, 5.41) is 57.6. The van der Waals surface area contributed by atoms with E-state index in [9.17, 15) is 44.7 Å². The van der Waals surface area contributed by atoms with Crippen molar-refractivity contribution in [2.75, 3.05) is 0 Å². The number of fused-ring (bicyclic) bond motifs is 15. The van der Waals surface area contributed by atoms with Crippen molar-refractivity contribution in [1.29, 1.82) is 0 Å². The van der Waals surface area contributed by atoms with Crippen molar-refractivity contribution in [2.45, 2.75) is 79.8 Å². The van der Waals surface area contributed by atoms with Crippen LogP contribution in [-0.4, -0.2) is 73.2 Å². The van der Waals surface area contributed by atoms with Gasteiger partial charge in [-0.1, -0.05) is 58.9 Å². The Morgan fingerprint density at radius 1 is 0.689 bits per heavy atom. The molecule has 3 aliphatic rings. The van der Waals surface area contributed by atoms with Gasteiger partial charge in [-0.3, -0.25) is 19.2 Å². The minimum Gasteiger partial charge on any atom is -0.507 e. The van der Waals surface area contributed by atoms with Gasteiger partial charge in [0.05, 0.1) is 35.7 Å². The number of allylic oxidation sites excluding steroid dienone is 5. The highest BCUT2D eigenvalue weighted by Crippen LogP contribution is 2.35. The summed E-state index contributed by atoms with van der Waals surface area (Å²) in [6, 6.07) is 1.30. The van der Waals surface area contributed by atoms with Crippen molar-refractivity contribution < 1.29 is 44.7 Å². The monoisotopic (exact) mass is 623 g/mol. The molecule has 10 heteroatoms. The van der Waals surface area contributed by atoms with E-state index in [-0.39, 0.29) is 39.1 Å². The maximum absolute atomic E-state index is 13.7. The molecule has 0 aromatic heterocycles. The van der Waals surface area contributed by atoms with Crippen molar-refractivity contribution in [3.05, 3.63) is 75.5 Å². The van der Waals surface area contributed by atoms with Gasteiger partial charge in [-0.15, -0.1) is 0 Å². The molecule has 1 aromatic carbocycles. The van der Waals surface area contributed by atoms with Crippen molar-refractivity contribution >= 4 is 23.3 Å². The molecule has 0 saturated heterocycles. The van der Waals surface area contributed by atoms with Gasteiger partial charge < -0.3 is 30.8 Å². The molecule has 0 unspecified atom stereocenters. The van der Waals surface area contributed by atoms with Crippen LogP contribution in [0.4, 0.5) is 0 Å². The molecular formula is C35H45NO9. The molecule has 1 aliphatic carbocycles. The first kappa shape index (κ1) is 35.8. The summed E-state index contributed by atoms with van der Waals surface area (Å²) in [6.45, 7) is 12.7. The van der Waals surface area contributed by atoms with Crippen LogP contribution in [0, 0.1) is 36.5 Å². The predicted octanol–water partition coefficient (Wildman–Crippen LogP) is 3.35. The lowest BCUT2D eigenvalue weighted by Crippen LogP contribution is -2.45. The van der Waals surface area contributed by atoms with Crippen molar-refractivity contribution in [3.8, 4) is 5.75 Å². The molecule has 1 aromatic rings. The fraction of sp³-hybridized carbons (Fsp3) is 0.486. The molecular weight excluding hydrogens is 578 g/mol. The number of carbonyl (C=O) groups excluding carboxylic acids is 4. The first-order chi connectivity index (χ1) is 20.9. The van der Waals surface area contributed by atoms with Gasteiger partial charge in [0, 0.05) is 52.4 Å². The first-order valence-corrected chi connectivity index (χ1v) is 15.2. The lowest BCUT2D eigenvalue weighted by Gasteiger charge is -2.36. The van der Waals surface area contributed by atoms with Gasteiger partial charge in [-0.25, -0.2) is 0 Å². The molecule has 1 amide bonds. The second-order valence-electron chi connectivity index (χ2n) is 12.7. The van der Waals surface area contributed by atoms with Crippen LogP contribution < -0.4 is 5.32 Å². The van der Waals surface area contributed by atoms with Crippen LogP contribution in [0.2, 0.25) is 0 Å². The summed E-state index contributed by atoms with van der Waals surface area (Å²) >= 11 is 0. The maximum Gasteiger partial charge on any atom is 0.251 e. The Morgan fingerprint density at radius 2 is 1.22 bits per heavy atom. The largest absolute Gasteiger partial charge is 0.507 e. The number of hydrogen-bond donors (Lipinski definition) is 6. The van der Waals surface area contributed by atoms with E-state index >= 15 is 0 Å². The number of aromatic hydroxyl groups is 1. The fourth-order valence-electron chi connectivity index (χ4n) is 6.04. The molecule has 0 radical (unpaired) electrons. The van der Waals surface area contributed by atoms with Crippen LogP contribution in [0.3, 0.4) is 0 Å². The van der Waals surface area contributed by atoms with E-state index in [1.54, 1.807) is 46.8 Å². The molecule has 4 bridgehead atoms. The van der Waals surface area contributed by atoms with Crippen LogP contribution in [-0.2, 0) is 4.79 Å². The normalized spacial score (nSPS) is 32.5. The number of Topliss-reactive ketones (excluding diaryl/α,β-unsaturated/α-hetero) is 2. The minimum atomic E-state index is -1.18. The van der Waals surface area contributed by atoms with Crippen LogP contribution in [0.1, 0.15) is 85.1 Å². The fourth-order valence-corrected chi connectivity index (χ4v) is 6.04. The summed E-state index contributed by atoms with van der Waals surface area (Å²) in [4.78, 5) is 53.4. The second-order valence-corrected chi connectivity index (χ2v) is 12.7. The molecule has 9 atom stereocenters. The zero-order valence-electron chi connectivity index (χ0n) is 27.0. The van der Waals surface area contributed by atoms with Gasteiger partial charge in [0.25, 0.3) is 5.91 Å². The third-order valence-electron chi connectivity index (χ3n) is 9.28. The highest BCUT2D eigenvalue weighted by molar-refractivity contribution is 6.30. The van der Waals surface area contributed by atoms with E-state index in [1.807, 2.05) is 0 Å². The Balaban J connectivity index is 2.16. The van der Waals surface area contributed by atoms with Crippen molar-refractivity contribution in [3.63, 3.8) is 0 Å². The average molecular weight is 624 g/mol. The number of nitrogens with one attached hydrogen (secondary N) is 1. The molecule has 10 nitrogen and oxygen atoms in total. The predicted molar refractivity (Wildman–Crippen MR) is 169 cm³/mol. The quantitative estimate of drug-likeness (QED) is 0.253. The lowest BCUT2D eigenvalue weighted by molar-refractivity contribution is -0.116. The van der Waals surface area contributed by atoms with E-state index < -0.39 is 83.0 Å². The van der Waals surface area contributed by atoms with Gasteiger partial charge >= 0.3 is 0 Å². The Morgan fingerprint density at radius 3 is 1.80 bits per heavy atom. The number of carbonyl (C=O) groups is 4. The number of amides is 1. The highest BCUT2D eigenvalue weighted by atomic mass is 16.3. The minimum absolute atomic E-state index is 0.0835. The van der Waals surface area contributed by atoms with E-state index in [2.05, 4.69) is 5.32 Å². The summed E-state index contributed by atoms with van der Waals surface area (Å²) in [5.74, 6) is -6.59. The van der Waals surface area contributed by atoms with E-state index in [1.165, 1.54) is 39.0 Å². The molecule has 45 heavy (non-hydrogen) atoms. The van der Waals surface area contributed by atoms with E-state index in [4.69, 9.17) is 0 Å². The number of hydrogen-bond acceptors (Lipinski definition) is 9. The number of aliphatic hydroxyl groups is 4. The van der Waals surface area contributed by atoms with Gasteiger partial charge in [-0.05, 0) is 38.0 Å². The van der Waals surface area contributed by atoms with Crippen LogP contribution in [0.15, 0.2) is 53.3 Å². The second kappa shape index (κ2) is 14.2. The van der Waals surface area contributed by atoms with Gasteiger partial charge in [0.15, 0.2) is 11.6 Å². The topological polar surface area (TPSA) is 181 Å². The van der Waals surface area contributed by atoms with Crippen LogP contribution in [0.5, 0.6) is 5.75 Å². The van der Waals surface area contributed by atoms with Gasteiger partial charge in [-0.2, -0.15) is 0 Å². The van der Waals surface area contributed by atoms with Gasteiger partial charge in [0.1, 0.15) is 5.75 Å². The lowest BCUT2D eigenvalue weighted by atomic mass is 9.77. The molecule has 0 fully saturated rings. The Labute approximate surface area is 263 Å². The molecule has 0 spiro atoms. The van der Waals surface area contributed by atoms with E-state index in [0.29, 0.717) is 0 Å². The third-order valence-corrected chi connectivity index (χ3v) is 9.28.